The maximum Gasteiger partial charge on any atom is 0.224 e. The van der Waals surface area contributed by atoms with Crippen molar-refractivity contribution in [2.75, 3.05) is 20.8 Å². The molecular formula is C32H33NO3. The van der Waals surface area contributed by atoms with Crippen LogP contribution < -0.4 is 14.8 Å². The topological polar surface area (TPSA) is 47.6 Å². The quantitative estimate of drug-likeness (QED) is 0.296. The fourth-order valence-electron chi connectivity index (χ4n) is 4.41. The molecule has 0 atom stereocenters. The number of hydrogen-bond acceptors (Lipinski definition) is 3. The van der Waals surface area contributed by atoms with Crippen LogP contribution >= 0.6 is 0 Å². The predicted octanol–water partition coefficient (Wildman–Crippen LogP) is 6.56. The van der Waals surface area contributed by atoms with E-state index in [0.29, 0.717) is 13.0 Å². The Labute approximate surface area is 213 Å². The Morgan fingerprint density at radius 1 is 0.722 bits per heavy atom. The summed E-state index contributed by atoms with van der Waals surface area (Å²) in [6.45, 7) is 4.63. The molecule has 0 bridgehead atoms. The molecule has 0 aliphatic heterocycles. The van der Waals surface area contributed by atoms with E-state index in [-0.39, 0.29) is 5.91 Å². The van der Waals surface area contributed by atoms with E-state index in [1.165, 1.54) is 11.1 Å². The van der Waals surface area contributed by atoms with Crippen LogP contribution in [-0.4, -0.2) is 26.7 Å². The van der Waals surface area contributed by atoms with E-state index in [2.05, 4.69) is 59.9 Å². The highest BCUT2D eigenvalue weighted by atomic mass is 16.5. The van der Waals surface area contributed by atoms with Crippen molar-refractivity contribution in [3.8, 4) is 33.8 Å². The van der Waals surface area contributed by atoms with Gasteiger partial charge in [0, 0.05) is 12.1 Å². The number of amides is 1. The Morgan fingerprint density at radius 2 is 1.36 bits per heavy atom. The summed E-state index contributed by atoms with van der Waals surface area (Å²) < 4.78 is 11.1. The van der Waals surface area contributed by atoms with E-state index in [9.17, 15) is 4.79 Å². The van der Waals surface area contributed by atoms with Gasteiger partial charge in [0.1, 0.15) is 11.5 Å². The minimum Gasteiger partial charge on any atom is -0.496 e. The molecule has 4 nitrogen and oxygen atoms in total. The number of methoxy groups -OCH3 is 2. The van der Waals surface area contributed by atoms with Gasteiger partial charge in [-0.05, 0) is 71.3 Å². The molecule has 0 unspecified atom stereocenters. The van der Waals surface area contributed by atoms with E-state index in [0.717, 1.165) is 51.3 Å². The van der Waals surface area contributed by atoms with Gasteiger partial charge in [-0.25, -0.2) is 0 Å². The number of hydrogen-bond donors (Lipinski definition) is 1. The average molecular weight is 480 g/mol. The molecule has 0 aliphatic rings. The average Bonchev–Trinajstić information content (AvgIpc) is 2.91. The molecule has 0 aromatic heterocycles. The first kappa shape index (κ1) is 25.1. The lowest BCUT2D eigenvalue weighted by Crippen LogP contribution is -2.27. The molecule has 0 spiro atoms. The zero-order chi connectivity index (χ0) is 25.5. The first-order chi connectivity index (χ1) is 17.5. The van der Waals surface area contributed by atoms with E-state index in [1.807, 2.05) is 44.2 Å². The second-order valence-electron chi connectivity index (χ2n) is 8.99. The molecule has 4 aromatic carbocycles. The maximum absolute atomic E-state index is 12.5. The highest BCUT2D eigenvalue weighted by molar-refractivity contribution is 5.79. The maximum atomic E-state index is 12.5. The van der Waals surface area contributed by atoms with Gasteiger partial charge in [0.15, 0.2) is 0 Å². The van der Waals surface area contributed by atoms with Crippen LogP contribution in [0.15, 0.2) is 84.9 Å². The first-order valence-corrected chi connectivity index (χ1v) is 12.2. The number of rotatable bonds is 9. The first-order valence-electron chi connectivity index (χ1n) is 12.2. The van der Waals surface area contributed by atoms with Gasteiger partial charge in [-0.15, -0.1) is 0 Å². The summed E-state index contributed by atoms with van der Waals surface area (Å²) in [4.78, 5) is 12.5. The van der Waals surface area contributed by atoms with E-state index >= 15 is 0 Å². The second-order valence-corrected chi connectivity index (χ2v) is 8.99. The van der Waals surface area contributed by atoms with Crippen LogP contribution in [0.5, 0.6) is 11.5 Å². The Bertz CT molecular complexity index is 1330. The summed E-state index contributed by atoms with van der Waals surface area (Å²) >= 11 is 0. The highest BCUT2D eigenvalue weighted by Crippen LogP contribution is 2.32. The molecule has 4 aromatic rings. The van der Waals surface area contributed by atoms with Crippen LogP contribution in [0, 0.1) is 13.8 Å². The van der Waals surface area contributed by atoms with Gasteiger partial charge in [0.05, 0.1) is 20.6 Å². The van der Waals surface area contributed by atoms with E-state index in [4.69, 9.17) is 9.47 Å². The van der Waals surface area contributed by atoms with Crippen molar-refractivity contribution in [2.45, 2.75) is 26.7 Å². The molecule has 36 heavy (non-hydrogen) atoms. The summed E-state index contributed by atoms with van der Waals surface area (Å²) in [7, 11) is 3.35. The molecule has 1 amide bonds. The Kier molecular flexibility index (Phi) is 8.06. The molecule has 4 rings (SSSR count). The monoisotopic (exact) mass is 479 g/mol. The SMILES string of the molecule is COc1cc(CCNC(=O)Cc2cc(C)c(C)c(OC)c2)ccc1-c1ccc(-c2ccccc2)cc1. The number of nitrogens with one attached hydrogen (secondary N) is 1. The highest BCUT2D eigenvalue weighted by Gasteiger charge is 2.10. The largest absolute Gasteiger partial charge is 0.496 e. The van der Waals surface area contributed by atoms with Gasteiger partial charge in [0.25, 0.3) is 0 Å². The molecule has 0 aliphatic carbocycles. The lowest BCUT2D eigenvalue weighted by molar-refractivity contribution is -0.120. The molecule has 0 saturated carbocycles. The number of carbonyl (C=O) groups excluding carboxylic acids is 1. The lowest BCUT2D eigenvalue weighted by atomic mass is 9.98. The van der Waals surface area contributed by atoms with Gasteiger partial charge in [0.2, 0.25) is 5.91 Å². The Balaban J connectivity index is 1.37. The number of carbonyl (C=O) groups is 1. The summed E-state index contributed by atoms with van der Waals surface area (Å²) in [5.74, 6) is 1.65. The van der Waals surface area contributed by atoms with Crippen LogP contribution in [0.25, 0.3) is 22.3 Å². The number of aryl methyl sites for hydroxylation is 1. The van der Waals surface area contributed by atoms with Crippen molar-refractivity contribution < 1.29 is 14.3 Å². The van der Waals surface area contributed by atoms with Crippen molar-refractivity contribution in [1.82, 2.24) is 5.32 Å². The van der Waals surface area contributed by atoms with Gasteiger partial charge in [-0.1, -0.05) is 72.8 Å². The standard InChI is InChI=1S/C32H33NO3/c1-22-18-25(20-30(35-3)23(22)2)21-32(34)33-17-16-24-10-15-29(31(19-24)36-4)28-13-11-27(12-14-28)26-8-6-5-7-9-26/h5-15,18-20H,16-17,21H2,1-4H3,(H,33,34). The summed E-state index contributed by atoms with van der Waals surface area (Å²) in [5, 5.41) is 3.04. The van der Waals surface area contributed by atoms with E-state index < -0.39 is 0 Å². The normalized spacial score (nSPS) is 10.7. The van der Waals surface area contributed by atoms with Crippen molar-refractivity contribution >= 4 is 5.91 Å². The fourth-order valence-corrected chi connectivity index (χ4v) is 4.41. The molecule has 0 saturated heterocycles. The lowest BCUT2D eigenvalue weighted by Gasteiger charge is -2.13. The minimum absolute atomic E-state index is 0.00222. The third-order valence-electron chi connectivity index (χ3n) is 6.57. The van der Waals surface area contributed by atoms with Crippen LogP contribution in [0.2, 0.25) is 0 Å². The van der Waals surface area contributed by atoms with Gasteiger partial charge in [-0.2, -0.15) is 0 Å². The smallest absolute Gasteiger partial charge is 0.224 e. The minimum atomic E-state index is 0.00222. The molecule has 4 heteroatoms. The molecule has 1 N–H and O–H groups in total. The van der Waals surface area contributed by atoms with Crippen molar-refractivity contribution in [3.05, 3.63) is 107 Å². The molecule has 0 radical (unpaired) electrons. The fraction of sp³-hybridized carbons (Fsp3) is 0.219. The van der Waals surface area contributed by atoms with Crippen LogP contribution in [0.3, 0.4) is 0 Å². The Hall–Kier alpha value is -4.05. The Morgan fingerprint density at radius 3 is 2.06 bits per heavy atom. The van der Waals surface area contributed by atoms with Crippen molar-refractivity contribution in [2.24, 2.45) is 0 Å². The van der Waals surface area contributed by atoms with Gasteiger partial charge in [-0.3, -0.25) is 4.79 Å². The van der Waals surface area contributed by atoms with Crippen LogP contribution in [0.4, 0.5) is 0 Å². The van der Waals surface area contributed by atoms with Crippen LogP contribution in [0.1, 0.15) is 22.3 Å². The summed E-state index contributed by atoms with van der Waals surface area (Å²) in [5.41, 5.74) is 8.84. The third-order valence-corrected chi connectivity index (χ3v) is 6.57. The number of ether oxygens (including phenoxy) is 2. The van der Waals surface area contributed by atoms with Gasteiger partial charge < -0.3 is 14.8 Å². The molecular weight excluding hydrogens is 446 g/mol. The second kappa shape index (κ2) is 11.6. The molecule has 0 fully saturated rings. The van der Waals surface area contributed by atoms with Crippen molar-refractivity contribution in [1.29, 1.82) is 0 Å². The summed E-state index contributed by atoms with van der Waals surface area (Å²) in [6.07, 6.45) is 1.06. The third kappa shape index (κ3) is 5.95. The van der Waals surface area contributed by atoms with Gasteiger partial charge >= 0.3 is 0 Å². The predicted molar refractivity (Wildman–Crippen MR) is 147 cm³/mol. The number of benzene rings is 4. The van der Waals surface area contributed by atoms with Crippen LogP contribution in [-0.2, 0) is 17.6 Å². The van der Waals surface area contributed by atoms with Crippen molar-refractivity contribution in [3.63, 3.8) is 0 Å². The zero-order valence-corrected chi connectivity index (χ0v) is 21.4. The molecule has 184 valence electrons. The van der Waals surface area contributed by atoms with E-state index in [1.54, 1.807) is 14.2 Å². The molecule has 0 heterocycles. The summed E-state index contributed by atoms with van der Waals surface area (Å²) in [6, 6.07) is 29.1. The zero-order valence-electron chi connectivity index (χ0n) is 21.4.